The second-order valence-corrected chi connectivity index (χ2v) is 8.67. The fourth-order valence-electron chi connectivity index (χ4n) is 4.48. The second-order valence-electron chi connectivity index (χ2n) is 8.20. The van der Waals surface area contributed by atoms with Crippen LogP contribution in [0.25, 0.3) is 11.1 Å². The number of carbonyl (C=O) groups is 3. The average molecular weight is 474 g/mol. The first-order valence-corrected chi connectivity index (χ1v) is 11.0. The fraction of sp³-hybridized carbons (Fsp3) is 0.217. The summed E-state index contributed by atoms with van der Waals surface area (Å²) in [7, 11) is 0. The molecule has 3 heterocycles. The minimum absolute atomic E-state index is 0.163. The van der Waals surface area contributed by atoms with Crippen LogP contribution in [-0.4, -0.2) is 43.5 Å². The van der Waals surface area contributed by atoms with E-state index < -0.39 is 17.1 Å². The molecular weight excluding hydrogens is 454 g/mol. The number of nitriles is 1. The van der Waals surface area contributed by atoms with E-state index in [1.165, 1.54) is 23.5 Å². The molecule has 1 saturated carbocycles. The summed E-state index contributed by atoms with van der Waals surface area (Å²) in [5, 5.41) is 13.1. The monoisotopic (exact) mass is 473 g/mol. The number of thiol groups is 1. The van der Waals surface area contributed by atoms with Gasteiger partial charge in [0.2, 0.25) is 0 Å². The van der Waals surface area contributed by atoms with Gasteiger partial charge in [0.05, 0.1) is 18.1 Å². The smallest absolute Gasteiger partial charge is 0.339 e. The third-order valence-corrected chi connectivity index (χ3v) is 6.82. The Hall–Kier alpha value is -4.17. The summed E-state index contributed by atoms with van der Waals surface area (Å²) in [5.74, 6) is -0.523. The molecule has 2 unspecified atom stereocenters. The molecule has 10 nitrogen and oxygen atoms in total. The maximum absolute atomic E-state index is 13.6. The molecule has 2 aromatic heterocycles. The molecule has 2 aliphatic rings. The first-order valence-electron chi connectivity index (χ1n) is 10.4. The number of aromatic nitrogens is 3. The van der Waals surface area contributed by atoms with Crippen LogP contribution in [0.5, 0.6) is 0 Å². The molecule has 0 radical (unpaired) electrons. The number of nitrogens with zero attached hydrogens (tertiary/aromatic N) is 6. The third-order valence-electron chi connectivity index (χ3n) is 6.36. The number of carbonyl (C=O) groups excluding carboxylic acids is 3. The van der Waals surface area contributed by atoms with E-state index in [1.807, 2.05) is 18.2 Å². The molecule has 34 heavy (non-hydrogen) atoms. The Morgan fingerprint density at radius 1 is 1.21 bits per heavy atom. The van der Waals surface area contributed by atoms with Crippen molar-refractivity contribution in [1.29, 1.82) is 5.26 Å². The highest BCUT2D eigenvalue weighted by atomic mass is 32.1. The number of aryl methyl sites for hydroxylation is 1. The van der Waals surface area contributed by atoms with Gasteiger partial charge in [0.15, 0.2) is 16.8 Å². The zero-order chi connectivity index (χ0) is 24.2. The lowest BCUT2D eigenvalue weighted by Crippen LogP contribution is -2.62. The highest BCUT2D eigenvalue weighted by Gasteiger charge is 2.65. The van der Waals surface area contributed by atoms with Gasteiger partial charge in [-0.05, 0) is 42.7 Å². The van der Waals surface area contributed by atoms with E-state index in [0.717, 1.165) is 10.2 Å². The predicted molar refractivity (Wildman–Crippen MR) is 126 cm³/mol. The van der Waals surface area contributed by atoms with Gasteiger partial charge in [-0.25, -0.2) is 9.78 Å². The van der Waals surface area contributed by atoms with Gasteiger partial charge in [0, 0.05) is 23.9 Å². The maximum atomic E-state index is 13.6. The number of anilines is 2. The van der Waals surface area contributed by atoms with Crippen molar-refractivity contribution < 1.29 is 14.4 Å². The summed E-state index contributed by atoms with van der Waals surface area (Å²) in [6.45, 7) is 1.74. The van der Waals surface area contributed by atoms with E-state index in [0.29, 0.717) is 35.3 Å². The van der Waals surface area contributed by atoms with E-state index in [-0.39, 0.29) is 17.4 Å². The highest BCUT2D eigenvalue weighted by molar-refractivity contribution is 7.81. The van der Waals surface area contributed by atoms with Gasteiger partial charge >= 0.3 is 6.03 Å². The molecule has 1 aromatic carbocycles. The van der Waals surface area contributed by atoms with Crippen LogP contribution in [0, 0.1) is 18.3 Å². The van der Waals surface area contributed by atoms with Crippen molar-refractivity contribution in [3.8, 4) is 17.2 Å². The van der Waals surface area contributed by atoms with Gasteiger partial charge in [-0.1, -0.05) is 12.1 Å². The minimum Gasteiger partial charge on any atom is -0.350 e. The minimum atomic E-state index is -1.33. The summed E-state index contributed by atoms with van der Waals surface area (Å²) in [6, 6.07) is 10.3. The van der Waals surface area contributed by atoms with E-state index >= 15 is 0 Å². The Bertz CT molecular complexity index is 1390. The number of ketones is 1. The standard InChI is InChI=1S/C23H19N7O3S/c1-13-8-17(11-26-18(13)9-24)29-20(32)23(7-6-19(23)31)30(22(29)34)16-4-2-14(3-5-16)15-10-27-28(12-15)21(25)33/h2-5,8,10-12,22,34H,6-7H2,1H3,(H2,25,33). The number of nitrogens with two attached hydrogens (primary N) is 1. The van der Waals surface area contributed by atoms with Crippen LogP contribution in [-0.2, 0) is 9.59 Å². The molecule has 1 aliphatic carbocycles. The van der Waals surface area contributed by atoms with Crippen LogP contribution in [0.3, 0.4) is 0 Å². The molecule has 2 amide bonds. The lowest BCUT2D eigenvalue weighted by Gasteiger charge is -2.42. The van der Waals surface area contributed by atoms with Crippen molar-refractivity contribution in [1.82, 2.24) is 14.8 Å². The molecule has 1 aliphatic heterocycles. The normalized spacial score (nSPS) is 21.6. The van der Waals surface area contributed by atoms with Gasteiger partial charge in [0.25, 0.3) is 5.91 Å². The fourth-order valence-corrected chi connectivity index (χ4v) is 5.05. The molecular formula is C23H19N7O3S. The number of rotatable bonds is 3. The lowest BCUT2D eigenvalue weighted by atomic mass is 9.73. The van der Waals surface area contributed by atoms with Gasteiger partial charge in [-0.15, -0.1) is 12.6 Å². The number of primary amides is 1. The zero-order valence-electron chi connectivity index (χ0n) is 18.0. The molecule has 2 N–H and O–H groups in total. The topological polar surface area (TPSA) is 138 Å². The summed E-state index contributed by atoms with van der Waals surface area (Å²) >= 11 is 4.73. The van der Waals surface area contributed by atoms with Gasteiger partial charge in [-0.3, -0.25) is 14.5 Å². The SMILES string of the molecule is Cc1cc(N2C(=O)C3(CCC3=O)N(c3ccc(-c4cnn(C(N)=O)c4)cc3)C2S)cnc1C#N. The van der Waals surface area contributed by atoms with Crippen molar-refractivity contribution in [2.75, 3.05) is 9.80 Å². The molecule has 5 rings (SSSR count). The Morgan fingerprint density at radius 2 is 1.94 bits per heavy atom. The summed E-state index contributed by atoms with van der Waals surface area (Å²) < 4.78 is 1.04. The first kappa shape index (κ1) is 21.7. The Labute approximate surface area is 200 Å². The largest absolute Gasteiger partial charge is 0.350 e. The summed E-state index contributed by atoms with van der Waals surface area (Å²) in [5.41, 5.74) is 6.66. The molecule has 11 heteroatoms. The van der Waals surface area contributed by atoms with E-state index in [1.54, 1.807) is 30.0 Å². The third kappa shape index (κ3) is 2.99. The van der Waals surface area contributed by atoms with Crippen molar-refractivity contribution in [2.24, 2.45) is 5.73 Å². The quantitative estimate of drug-likeness (QED) is 0.439. The van der Waals surface area contributed by atoms with E-state index in [2.05, 4.69) is 10.1 Å². The second kappa shape index (κ2) is 7.71. The van der Waals surface area contributed by atoms with Crippen LogP contribution in [0.1, 0.15) is 24.1 Å². The molecule has 2 atom stereocenters. The zero-order valence-corrected chi connectivity index (χ0v) is 18.9. The predicted octanol–water partition coefficient (Wildman–Crippen LogP) is 2.22. The van der Waals surface area contributed by atoms with Crippen molar-refractivity contribution in [3.05, 3.63) is 60.2 Å². The molecule has 3 aromatic rings. The first-order chi connectivity index (χ1) is 16.3. The number of hydrogen-bond acceptors (Lipinski definition) is 8. The number of pyridine rings is 1. The maximum Gasteiger partial charge on any atom is 0.339 e. The Balaban J connectivity index is 1.53. The average Bonchev–Trinajstić information content (AvgIpc) is 3.40. The Morgan fingerprint density at radius 3 is 2.47 bits per heavy atom. The molecule has 2 fully saturated rings. The van der Waals surface area contributed by atoms with Gasteiger partial charge in [-0.2, -0.15) is 15.0 Å². The van der Waals surface area contributed by atoms with Crippen LogP contribution in [0.15, 0.2) is 48.9 Å². The number of Topliss-reactive ketones (excluding diaryl/α,β-unsaturated/α-hetero) is 1. The van der Waals surface area contributed by atoms with Crippen LogP contribution in [0.4, 0.5) is 16.2 Å². The molecule has 1 saturated heterocycles. The lowest BCUT2D eigenvalue weighted by molar-refractivity contribution is -0.138. The molecule has 0 bridgehead atoms. The van der Waals surface area contributed by atoms with Crippen molar-refractivity contribution >= 4 is 41.7 Å². The summed E-state index contributed by atoms with van der Waals surface area (Å²) in [6.07, 6.45) is 5.20. The highest BCUT2D eigenvalue weighted by Crippen LogP contribution is 2.48. The number of benzene rings is 1. The van der Waals surface area contributed by atoms with Crippen molar-refractivity contribution in [3.63, 3.8) is 0 Å². The van der Waals surface area contributed by atoms with E-state index in [4.69, 9.17) is 18.4 Å². The van der Waals surface area contributed by atoms with Crippen molar-refractivity contribution in [2.45, 2.75) is 30.8 Å². The van der Waals surface area contributed by atoms with Crippen LogP contribution >= 0.6 is 12.6 Å². The van der Waals surface area contributed by atoms with Crippen LogP contribution < -0.4 is 15.5 Å². The summed E-state index contributed by atoms with van der Waals surface area (Å²) in [4.78, 5) is 45.1. The molecule has 170 valence electrons. The van der Waals surface area contributed by atoms with E-state index in [9.17, 15) is 19.6 Å². The van der Waals surface area contributed by atoms with Crippen LogP contribution in [0.2, 0.25) is 0 Å². The Kier molecular flexibility index (Phi) is 4.91. The number of amides is 2. The van der Waals surface area contributed by atoms with Gasteiger partial charge < -0.3 is 10.6 Å². The molecule has 1 spiro atoms. The number of hydrogen-bond donors (Lipinski definition) is 2. The van der Waals surface area contributed by atoms with Gasteiger partial charge in [0.1, 0.15) is 11.8 Å².